The molecule has 2 unspecified atom stereocenters. The van der Waals surface area contributed by atoms with Gasteiger partial charge in [-0.05, 0) is 24.6 Å². The van der Waals surface area contributed by atoms with E-state index < -0.39 is 12.2 Å². The van der Waals surface area contributed by atoms with Crippen molar-refractivity contribution in [3.63, 3.8) is 0 Å². The summed E-state index contributed by atoms with van der Waals surface area (Å²) in [6, 6.07) is 5.36. The fourth-order valence-electron chi connectivity index (χ4n) is 1.95. The van der Waals surface area contributed by atoms with Gasteiger partial charge in [-0.25, -0.2) is 0 Å². The van der Waals surface area contributed by atoms with Crippen LogP contribution in [0.4, 0.5) is 0 Å². The van der Waals surface area contributed by atoms with Crippen LogP contribution in [0.5, 0.6) is 0 Å². The van der Waals surface area contributed by atoms with Crippen LogP contribution in [-0.4, -0.2) is 46.3 Å². The van der Waals surface area contributed by atoms with Gasteiger partial charge in [0.25, 0.3) is 5.91 Å². The summed E-state index contributed by atoms with van der Waals surface area (Å²) in [5.41, 5.74) is 1.43. The largest absolute Gasteiger partial charge is 0.388 e. The predicted molar refractivity (Wildman–Crippen MR) is 66.3 cm³/mol. The highest BCUT2D eigenvalue weighted by atomic mass is 32.1. The summed E-state index contributed by atoms with van der Waals surface area (Å²) in [4.78, 5) is 14.4. The number of rotatable bonds is 1. The number of nitrogens with zero attached hydrogens (tertiary/aromatic N) is 1. The molecule has 0 aliphatic carbocycles. The lowest BCUT2D eigenvalue weighted by Gasteiger charge is -2.17. The zero-order valence-corrected chi connectivity index (χ0v) is 10.4. The van der Waals surface area contributed by atoms with Gasteiger partial charge in [0.05, 0.1) is 12.2 Å². The second-order valence-electron chi connectivity index (χ2n) is 4.34. The first kappa shape index (κ1) is 12.4. The Kier molecular flexibility index (Phi) is 3.42. The average molecular weight is 253 g/mol. The molecule has 17 heavy (non-hydrogen) atoms. The van der Waals surface area contributed by atoms with Crippen molar-refractivity contribution in [2.45, 2.75) is 24.0 Å². The third kappa shape index (κ3) is 2.46. The van der Waals surface area contributed by atoms with Crippen LogP contribution < -0.4 is 0 Å². The predicted octanol–water partition coefficient (Wildman–Crippen LogP) is 0.461. The number of thiol groups is 1. The molecule has 0 saturated carbocycles. The summed E-state index contributed by atoms with van der Waals surface area (Å²) in [5.74, 6) is -0.172. The van der Waals surface area contributed by atoms with E-state index in [2.05, 4.69) is 12.6 Å². The van der Waals surface area contributed by atoms with Crippen molar-refractivity contribution in [3.05, 3.63) is 29.3 Å². The molecule has 0 aromatic heterocycles. The second kappa shape index (κ2) is 4.68. The molecule has 92 valence electrons. The number of likely N-dealkylation sites (tertiary alicyclic amines) is 1. The normalized spacial score (nSPS) is 24.1. The number of hydrogen-bond acceptors (Lipinski definition) is 4. The Balaban J connectivity index is 2.23. The summed E-state index contributed by atoms with van der Waals surface area (Å²) in [7, 11) is 0. The van der Waals surface area contributed by atoms with Crippen molar-refractivity contribution in [2.24, 2.45) is 0 Å². The van der Waals surface area contributed by atoms with Crippen LogP contribution in [0.2, 0.25) is 0 Å². The first-order chi connectivity index (χ1) is 7.99. The molecule has 1 heterocycles. The van der Waals surface area contributed by atoms with Gasteiger partial charge in [0.15, 0.2) is 0 Å². The highest BCUT2D eigenvalue weighted by Crippen LogP contribution is 2.19. The van der Waals surface area contributed by atoms with Gasteiger partial charge in [-0.1, -0.05) is 6.07 Å². The van der Waals surface area contributed by atoms with Gasteiger partial charge in [0.2, 0.25) is 0 Å². The van der Waals surface area contributed by atoms with Gasteiger partial charge in [-0.2, -0.15) is 0 Å². The maximum atomic E-state index is 12.2. The maximum Gasteiger partial charge on any atom is 0.254 e. The molecule has 0 radical (unpaired) electrons. The van der Waals surface area contributed by atoms with E-state index in [9.17, 15) is 15.0 Å². The van der Waals surface area contributed by atoms with E-state index in [0.717, 1.165) is 10.5 Å². The summed E-state index contributed by atoms with van der Waals surface area (Å²) >= 11 is 4.20. The van der Waals surface area contributed by atoms with E-state index in [1.165, 1.54) is 4.90 Å². The Morgan fingerprint density at radius 1 is 1.35 bits per heavy atom. The Bertz CT molecular complexity index is 439. The van der Waals surface area contributed by atoms with Gasteiger partial charge >= 0.3 is 0 Å². The molecule has 1 fully saturated rings. The van der Waals surface area contributed by atoms with E-state index in [4.69, 9.17) is 0 Å². The average Bonchev–Trinajstić information content (AvgIpc) is 2.62. The third-order valence-corrected chi connectivity index (χ3v) is 3.28. The standard InChI is InChI=1S/C12H15NO3S/c1-7-2-3-8(17)4-9(7)12(16)13-5-10(14)11(15)6-13/h2-4,10-11,14-15,17H,5-6H2,1H3. The van der Waals surface area contributed by atoms with E-state index in [-0.39, 0.29) is 19.0 Å². The fraction of sp³-hybridized carbons (Fsp3) is 0.417. The molecule has 0 spiro atoms. The fourth-order valence-corrected chi connectivity index (χ4v) is 2.15. The van der Waals surface area contributed by atoms with Crippen molar-refractivity contribution in [2.75, 3.05) is 13.1 Å². The molecule has 1 aromatic rings. The monoisotopic (exact) mass is 253 g/mol. The number of hydrogen-bond donors (Lipinski definition) is 3. The van der Waals surface area contributed by atoms with Gasteiger partial charge in [0, 0.05) is 23.5 Å². The van der Waals surface area contributed by atoms with E-state index in [1.807, 2.05) is 19.1 Å². The van der Waals surface area contributed by atoms with Gasteiger partial charge in [-0.15, -0.1) is 12.6 Å². The number of amides is 1. The zero-order chi connectivity index (χ0) is 12.6. The minimum absolute atomic E-state index is 0.172. The lowest BCUT2D eigenvalue weighted by Crippen LogP contribution is -2.30. The Hall–Kier alpha value is -1.04. The molecule has 4 nitrogen and oxygen atoms in total. The van der Waals surface area contributed by atoms with Gasteiger partial charge in [-0.3, -0.25) is 4.79 Å². The Morgan fingerprint density at radius 3 is 2.53 bits per heavy atom. The van der Waals surface area contributed by atoms with Crippen LogP contribution in [0.3, 0.4) is 0 Å². The maximum absolute atomic E-state index is 12.2. The van der Waals surface area contributed by atoms with Crippen LogP contribution in [0.25, 0.3) is 0 Å². The number of aliphatic hydroxyl groups excluding tert-OH is 2. The Labute approximate surface area is 105 Å². The van der Waals surface area contributed by atoms with Crippen LogP contribution in [0.1, 0.15) is 15.9 Å². The van der Waals surface area contributed by atoms with Crippen LogP contribution in [0.15, 0.2) is 23.1 Å². The van der Waals surface area contributed by atoms with Crippen LogP contribution in [0, 0.1) is 6.92 Å². The summed E-state index contributed by atoms with van der Waals surface area (Å²) in [6.45, 7) is 2.20. The number of carbonyl (C=O) groups is 1. The van der Waals surface area contributed by atoms with Crippen molar-refractivity contribution < 1.29 is 15.0 Å². The summed E-state index contributed by atoms with van der Waals surface area (Å²) in [5, 5.41) is 18.9. The number of benzene rings is 1. The van der Waals surface area contributed by atoms with Crippen molar-refractivity contribution in [1.82, 2.24) is 4.90 Å². The summed E-state index contributed by atoms with van der Waals surface area (Å²) in [6.07, 6.45) is -1.70. The molecule has 1 aliphatic heterocycles. The molecular weight excluding hydrogens is 238 g/mol. The molecule has 1 amide bonds. The molecule has 1 aromatic carbocycles. The Morgan fingerprint density at radius 2 is 1.94 bits per heavy atom. The first-order valence-electron chi connectivity index (χ1n) is 5.44. The number of carbonyl (C=O) groups excluding carboxylic acids is 1. The van der Waals surface area contributed by atoms with E-state index in [0.29, 0.717) is 5.56 Å². The molecule has 1 aliphatic rings. The van der Waals surface area contributed by atoms with E-state index >= 15 is 0 Å². The van der Waals surface area contributed by atoms with Crippen LogP contribution >= 0.6 is 12.6 Å². The van der Waals surface area contributed by atoms with Crippen LogP contribution in [-0.2, 0) is 0 Å². The number of β-amino-alcohol motifs (C(OH)–C–C–N with tert-alkyl or cyclic N) is 2. The molecule has 5 heteroatoms. The topological polar surface area (TPSA) is 60.8 Å². The second-order valence-corrected chi connectivity index (χ2v) is 4.86. The molecule has 2 rings (SSSR count). The number of aliphatic hydroxyl groups is 2. The zero-order valence-electron chi connectivity index (χ0n) is 9.50. The summed E-state index contributed by atoms with van der Waals surface area (Å²) < 4.78 is 0. The highest BCUT2D eigenvalue weighted by Gasteiger charge is 2.33. The SMILES string of the molecule is Cc1ccc(S)cc1C(=O)N1CC(O)C(O)C1. The molecular formula is C12H15NO3S. The first-order valence-corrected chi connectivity index (χ1v) is 5.89. The quantitative estimate of drug-likeness (QED) is 0.637. The molecule has 0 bridgehead atoms. The molecule has 2 N–H and O–H groups in total. The van der Waals surface area contributed by atoms with Gasteiger partial charge in [0.1, 0.15) is 0 Å². The minimum atomic E-state index is -0.849. The molecule has 2 atom stereocenters. The van der Waals surface area contributed by atoms with Crippen molar-refractivity contribution >= 4 is 18.5 Å². The molecule has 1 saturated heterocycles. The number of aryl methyl sites for hydroxylation is 1. The lowest BCUT2D eigenvalue weighted by atomic mass is 10.1. The van der Waals surface area contributed by atoms with Gasteiger partial charge < -0.3 is 15.1 Å². The third-order valence-electron chi connectivity index (χ3n) is 3.00. The van der Waals surface area contributed by atoms with E-state index in [1.54, 1.807) is 6.07 Å². The van der Waals surface area contributed by atoms with Crippen molar-refractivity contribution in [1.29, 1.82) is 0 Å². The lowest BCUT2D eigenvalue weighted by molar-refractivity contribution is 0.0572. The van der Waals surface area contributed by atoms with Crippen molar-refractivity contribution in [3.8, 4) is 0 Å². The minimum Gasteiger partial charge on any atom is -0.388 e. The highest BCUT2D eigenvalue weighted by molar-refractivity contribution is 7.80. The smallest absolute Gasteiger partial charge is 0.254 e.